The highest BCUT2D eigenvalue weighted by molar-refractivity contribution is 6.19. The number of alkyl halides is 1. The molecule has 1 N–H and O–H groups in total. The maximum Gasteiger partial charge on any atom is 0.224 e. The van der Waals surface area contributed by atoms with E-state index in [-0.39, 0.29) is 11.8 Å². The van der Waals surface area contributed by atoms with E-state index in [9.17, 15) is 4.79 Å². The molecule has 1 amide bonds. The molecule has 0 radical (unpaired) electrons. The molecule has 0 aromatic carbocycles. The lowest BCUT2D eigenvalue weighted by molar-refractivity contribution is -0.123. The Bertz CT molecular complexity index is 190. The van der Waals surface area contributed by atoms with E-state index in [2.05, 4.69) is 5.32 Å². The Morgan fingerprint density at radius 3 is 2.67 bits per heavy atom. The second-order valence-electron chi connectivity index (χ2n) is 4.64. The van der Waals surface area contributed by atoms with E-state index in [0.29, 0.717) is 5.88 Å². The van der Waals surface area contributed by atoms with Gasteiger partial charge in [-0.1, -0.05) is 39.0 Å². The van der Waals surface area contributed by atoms with Crippen molar-refractivity contribution >= 4 is 17.5 Å². The number of nitrogens with one attached hydrogen (secondary N) is 1. The fraction of sp³-hybridized carbons (Fsp3) is 0.917. The summed E-state index contributed by atoms with van der Waals surface area (Å²) < 4.78 is 0. The van der Waals surface area contributed by atoms with E-state index >= 15 is 0 Å². The molecule has 0 bridgehead atoms. The smallest absolute Gasteiger partial charge is 0.224 e. The Balaban J connectivity index is 2.07. The predicted molar refractivity (Wildman–Crippen MR) is 64.1 cm³/mol. The lowest BCUT2D eigenvalue weighted by atomic mass is 9.87. The monoisotopic (exact) mass is 231 g/mol. The number of rotatable bonds is 5. The summed E-state index contributed by atoms with van der Waals surface area (Å²) in [6, 6.07) is 0. The third-order valence-corrected chi connectivity index (χ3v) is 3.72. The Labute approximate surface area is 97.8 Å². The van der Waals surface area contributed by atoms with Crippen LogP contribution < -0.4 is 5.32 Å². The fourth-order valence-electron chi connectivity index (χ4n) is 2.12. The van der Waals surface area contributed by atoms with Gasteiger partial charge in [0.2, 0.25) is 5.91 Å². The number of hydrogen-bond acceptors (Lipinski definition) is 1. The van der Waals surface area contributed by atoms with Crippen molar-refractivity contribution < 1.29 is 4.79 Å². The van der Waals surface area contributed by atoms with Crippen molar-refractivity contribution in [2.24, 2.45) is 11.8 Å². The van der Waals surface area contributed by atoms with Crippen molar-refractivity contribution in [3.8, 4) is 0 Å². The Hall–Kier alpha value is -0.240. The fourth-order valence-corrected chi connectivity index (χ4v) is 2.26. The van der Waals surface area contributed by atoms with Gasteiger partial charge < -0.3 is 5.32 Å². The molecule has 2 nitrogen and oxygen atoms in total. The van der Waals surface area contributed by atoms with Crippen molar-refractivity contribution in [3.05, 3.63) is 0 Å². The van der Waals surface area contributed by atoms with Crippen LogP contribution in [-0.2, 0) is 4.79 Å². The number of amides is 1. The molecule has 88 valence electrons. The first-order chi connectivity index (χ1) is 7.24. The third kappa shape index (κ3) is 4.87. The molecule has 0 saturated heterocycles. The second-order valence-corrected chi connectivity index (χ2v) is 4.95. The van der Waals surface area contributed by atoms with E-state index in [1.54, 1.807) is 0 Å². The first-order valence-corrected chi connectivity index (χ1v) is 6.61. The normalized spacial score (nSPS) is 19.9. The van der Waals surface area contributed by atoms with Gasteiger partial charge in [-0.2, -0.15) is 0 Å². The quantitative estimate of drug-likeness (QED) is 0.725. The minimum Gasteiger partial charge on any atom is -0.356 e. The third-order valence-electron chi connectivity index (χ3n) is 3.26. The Morgan fingerprint density at radius 2 is 2.07 bits per heavy atom. The zero-order chi connectivity index (χ0) is 11.1. The molecule has 0 heterocycles. The van der Waals surface area contributed by atoms with Gasteiger partial charge in [0, 0.05) is 18.3 Å². The molecule has 1 aliphatic rings. The van der Waals surface area contributed by atoms with Gasteiger partial charge >= 0.3 is 0 Å². The zero-order valence-corrected chi connectivity index (χ0v) is 10.4. The summed E-state index contributed by atoms with van der Waals surface area (Å²) in [4.78, 5) is 11.4. The van der Waals surface area contributed by atoms with E-state index in [1.807, 2.05) is 6.92 Å². The van der Waals surface area contributed by atoms with Crippen LogP contribution in [0.25, 0.3) is 0 Å². The standard InChI is InChI=1S/C12H22ClNO/c1-10(9-13)12(15)14-8-7-11-5-3-2-4-6-11/h10-11H,2-9H2,1H3,(H,14,15). The van der Waals surface area contributed by atoms with E-state index in [1.165, 1.54) is 32.1 Å². The molecule has 1 saturated carbocycles. The van der Waals surface area contributed by atoms with Gasteiger partial charge in [0.05, 0.1) is 0 Å². The van der Waals surface area contributed by atoms with Crippen LogP contribution in [-0.4, -0.2) is 18.3 Å². The molecule has 0 spiro atoms. The minimum atomic E-state index is -0.0574. The summed E-state index contributed by atoms with van der Waals surface area (Å²) in [5.41, 5.74) is 0. The zero-order valence-electron chi connectivity index (χ0n) is 9.60. The molecule has 0 aromatic rings. The molecule has 1 atom stereocenters. The van der Waals surface area contributed by atoms with Crippen LogP contribution in [0.2, 0.25) is 0 Å². The maximum absolute atomic E-state index is 11.4. The first-order valence-electron chi connectivity index (χ1n) is 6.07. The number of carbonyl (C=O) groups is 1. The summed E-state index contributed by atoms with van der Waals surface area (Å²) in [6.45, 7) is 2.69. The van der Waals surface area contributed by atoms with Gasteiger partial charge in [0.15, 0.2) is 0 Å². The highest BCUT2D eigenvalue weighted by Crippen LogP contribution is 2.25. The topological polar surface area (TPSA) is 29.1 Å². The number of hydrogen-bond donors (Lipinski definition) is 1. The van der Waals surface area contributed by atoms with E-state index < -0.39 is 0 Å². The highest BCUT2D eigenvalue weighted by atomic mass is 35.5. The van der Waals surface area contributed by atoms with Gasteiger partial charge in [0.25, 0.3) is 0 Å². The molecule has 0 aromatic heterocycles. The van der Waals surface area contributed by atoms with E-state index in [0.717, 1.165) is 18.9 Å². The lowest BCUT2D eigenvalue weighted by Crippen LogP contribution is -2.31. The second kappa shape index (κ2) is 7.10. The van der Waals surface area contributed by atoms with Crippen molar-refractivity contribution in [1.29, 1.82) is 0 Å². The SMILES string of the molecule is CC(CCl)C(=O)NCCC1CCCCC1. The van der Waals surface area contributed by atoms with Crippen molar-refractivity contribution in [1.82, 2.24) is 5.32 Å². The summed E-state index contributed by atoms with van der Waals surface area (Å²) in [5.74, 6) is 1.29. The van der Waals surface area contributed by atoms with Crippen LogP contribution in [0.3, 0.4) is 0 Å². The molecule has 1 unspecified atom stereocenters. The molecule has 3 heteroatoms. The molecule has 1 aliphatic carbocycles. The summed E-state index contributed by atoms with van der Waals surface area (Å²) in [5, 5.41) is 2.96. The van der Waals surface area contributed by atoms with Crippen LogP contribution in [0.4, 0.5) is 0 Å². The molecule has 0 aliphatic heterocycles. The van der Waals surface area contributed by atoms with Crippen LogP contribution in [0.15, 0.2) is 0 Å². The van der Waals surface area contributed by atoms with Gasteiger partial charge in [-0.25, -0.2) is 0 Å². The predicted octanol–water partition coefficient (Wildman–Crippen LogP) is 2.95. The maximum atomic E-state index is 11.4. The molecule has 1 fully saturated rings. The lowest BCUT2D eigenvalue weighted by Gasteiger charge is -2.21. The number of halogens is 1. The van der Waals surface area contributed by atoms with Crippen LogP contribution in [0.1, 0.15) is 45.4 Å². The summed E-state index contributed by atoms with van der Waals surface area (Å²) >= 11 is 5.61. The molecular formula is C12H22ClNO. The van der Waals surface area contributed by atoms with Crippen molar-refractivity contribution in [3.63, 3.8) is 0 Å². The van der Waals surface area contributed by atoms with Gasteiger partial charge in [-0.15, -0.1) is 11.6 Å². The summed E-state index contributed by atoms with van der Waals surface area (Å²) in [7, 11) is 0. The van der Waals surface area contributed by atoms with Gasteiger partial charge in [0.1, 0.15) is 0 Å². The minimum absolute atomic E-state index is 0.0574. The molecule has 15 heavy (non-hydrogen) atoms. The van der Waals surface area contributed by atoms with Gasteiger partial charge in [-0.3, -0.25) is 4.79 Å². The Kier molecular flexibility index (Phi) is 6.07. The van der Waals surface area contributed by atoms with Crippen molar-refractivity contribution in [2.45, 2.75) is 45.4 Å². The number of carbonyl (C=O) groups excluding carboxylic acids is 1. The average Bonchev–Trinajstić information content (AvgIpc) is 2.29. The van der Waals surface area contributed by atoms with Crippen LogP contribution in [0.5, 0.6) is 0 Å². The van der Waals surface area contributed by atoms with Crippen LogP contribution >= 0.6 is 11.6 Å². The first kappa shape index (κ1) is 12.8. The summed E-state index contributed by atoms with van der Waals surface area (Å²) in [6.07, 6.45) is 7.97. The highest BCUT2D eigenvalue weighted by Gasteiger charge is 2.14. The van der Waals surface area contributed by atoms with Crippen LogP contribution in [0, 0.1) is 11.8 Å². The molecular weight excluding hydrogens is 210 g/mol. The van der Waals surface area contributed by atoms with Gasteiger partial charge in [-0.05, 0) is 12.3 Å². The largest absolute Gasteiger partial charge is 0.356 e. The Morgan fingerprint density at radius 1 is 1.40 bits per heavy atom. The van der Waals surface area contributed by atoms with Crippen molar-refractivity contribution in [2.75, 3.05) is 12.4 Å². The average molecular weight is 232 g/mol. The molecule has 1 rings (SSSR count). The van der Waals surface area contributed by atoms with E-state index in [4.69, 9.17) is 11.6 Å².